The molecule has 0 saturated heterocycles. The van der Waals surface area contributed by atoms with E-state index in [-0.39, 0.29) is 17.8 Å². The quantitative estimate of drug-likeness (QED) is 0.698. The van der Waals surface area contributed by atoms with Crippen LogP contribution in [0.5, 0.6) is 11.5 Å². The first-order valence-electron chi connectivity index (χ1n) is 9.60. The summed E-state index contributed by atoms with van der Waals surface area (Å²) in [6.07, 6.45) is 0. The van der Waals surface area contributed by atoms with Gasteiger partial charge in [0, 0.05) is 17.7 Å². The van der Waals surface area contributed by atoms with Crippen LogP contribution in [0.3, 0.4) is 0 Å². The molecule has 1 aliphatic rings. The lowest BCUT2D eigenvalue weighted by atomic mass is 9.87. The maximum atomic E-state index is 13.7. The van der Waals surface area contributed by atoms with Crippen LogP contribution in [0.15, 0.2) is 72.8 Å². The molecule has 0 unspecified atom stereocenters. The molecule has 1 heterocycles. The number of amides is 1. The van der Waals surface area contributed by atoms with Crippen molar-refractivity contribution in [2.45, 2.75) is 12.0 Å². The molecule has 148 valence electrons. The molecule has 0 radical (unpaired) electrons. The normalized spacial score (nSPS) is 13.9. The second kappa shape index (κ2) is 8.05. The number of carbonyl (C=O) groups excluding carboxylic acids is 1. The maximum Gasteiger partial charge on any atom is 0.232 e. The minimum atomic E-state index is -0.452. The first-order chi connectivity index (χ1) is 14.0. The minimum absolute atomic E-state index is 0.101. The predicted molar refractivity (Wildman–Crippen MR) is 111 cm³/mol. The lowest BCUT2D eigenvalue weighted by Gasteiger charge is -2.29. The van der Waals surface area contributed by atoms with E-state index in [1.165, 1.54) is 12.1 Å². The number of benzene rings is 3. The molecule has 1 atom stereocenters. The summed E-state index contributed by atoms with van der Waals surface area (Å²) >= 11 is 0. The monoisotopic (exact) mass is 390 g/mol. The lowest BCUT2D eigenvalue weighted by molar-refractivity contribution is -0.122. The smallest absolute Gasteiger partial charge is 0.232 e. The van der Waals surface area contributed by atoms with Crippen molar-refractivity contribution in [1.82, 2.24) is 10.2 Å². The largest absolute Gasteiger partial charge is 0.457 e. The highest BCUT2D eigenvalue weighted by molar-refractivity contribution is 5.89. The van der Waals surface area contributed by atoms with Crippen LogP contribution in [0.4, 0.5) is 4.39 Å². The molecule has 5 heteroatoms. The van der Waals surface area contributed by atoms with E-state index < -0.39 is 5.92 Å². The molecular weight excluding hydrogens is 367 g/mol. The number of likely N-dealkylation sites (N-methyl/N-ethyl adjacent to an activating group) is 1. The van der Waals surface area contributed by atoms with Crippen molar-refractivity contribution in [3.8, 4) is 11.5 Å². The highest BCUT2D eigenvalue weighted by Gasteiger charge is 2.32. The number of hydrogen-bond donors (Lipinski definition) is 1. The first kappa shape index (κ1) is 19.2. The lowest BCUT2D eigenvalue weighted by Crippen LogP contribution is -2.38. The van der Waals surface area contributed by atoms with Gasteiger partial charge in [-0.15, -0.1) is 0 Å². The number of hydrogen-bond acceptors (Lipinski definition) is 3. The molecule has 0 saturated carbocycles. The Bertz CT molecular complexity index is 989. The van der Waals surface area contributed by atoms with Crippen molar-refractivity contribution >= 4 is 5.91 Å². The number of nitrogens with zero attached hydrogens (tertiary/aromatic N) is 1. The standard InChI is InChI=1S/C24H23FN2O2/c1-27(2)20(16-8-7-9-17(25)14-16)15-26-24(28)23-18-10-3-5-12-21(18)29-22-13-6-4-11-19(22)23/h3-14,20,23H,15H2,1-2H3,(H,26,28)/t20-/m0/s1. The van der Waals surface area contributed by atoms with Crippen LogP contribution in [0.25, 0.3) is 0 Å². The van der Waals surface area contributed by atoms with Crippen LogP contribution < -0.4 is 10.1 Å². The minimum Gasteiger partial charge on any atom is -0.457 e. The molecule has 0 bridgehead atoms. The predicted octanol–water partition coefficient (Wildman–Crippen LogP) is 4.48. The van der Waals surface area contributed by atoms with E-state index in [9.17, 15) is 9.18 Å². The number of halogens is 1. The molecule has 1 amide bonds. The summed E-state index contributed by atoms with van der Waals surface area (Å²) < 4.78 is 19.7. The zero-order valence-electron chi connectivity index (χ0n) is 16.4. The van der Waals surface area contributed by atoms with Crippen LogP contribution in [-0.4, -0.2) is 31.4 Å². The Morgan fingerprint density at radius 1 is 1.00 bits per heavy atom. The molecule has 0 aliphatic carbocycles. The first-order valence-corrected chi connectivity index (χ1v) is 9.60. The van der Waals surface area contributed by atoms with Gasteiger partial charge >= 0.3 is 0 Å². The fourth-order valence-corrected chi connectivity index (χ4v) is 3.80. The second-order valence-corrected chi connectivity index (χ2v) is 7.39. The van der Waals surface area contributed by atoms with Gasteiger partial charge in [0.25, 0.3) is 0 Å². The Morgan fingerprint density at radius 2 is 1.62 bits per heavy atom. The Labute approximate surface area is 169 Å². The molecule has 0 spiro atoms. The fraction of sp³-hybridized carbons (Fsp3) is 0.208. The molecule has 4 rings (SSSR count). The average Bonchev–Trinajstić information content (AvgIpc) is 2.71. The van der Waals surface area contributed by atoms with Crippen LogP contribution in [0.1, 0.15) is 28.7 Å². The maximum absolute atomic E-state index is 13.7. The van der Waals surface area contributed by atoms with Crippen molar-refractivity contribution in [2.75, 3.05) is 20.6 Å². The van der Waals surface area contributed by atoms with Crippen molar-refractivity contribution in [3.05, 3.63) is 95.3 Å². The highest BCUT2D eigenvalue weighted by Crippen LogP contribution is 2.43. The molecule has 3 aromatic rings. The van der Waals surface area contributed by atoms with Crippen molar-refractivity contribution in [1.29, 1.82) is 0 Å². The van der Waals surface area contributed by atoms with Gasteiger partial charge in [-0.1, -0.05) is 48.5 Å². The number of nitrogens with one attached hydrogen (secondary N) is 1. The molecule has 0 fully saturated rings. The Kier molecular flexibility index (Phi) is 5.32. The Morgan fingerprint density at radius 3 is 2.21 bits per heavy atom. The summed E-state index contributed by atoms with van der Waals surface area (Å²) in [6, 6.07) is 21.6. The molecule has 3 aromatic carbocycles. The van der Waals surface area contributed by atoms with Gasteiger partial charge in [0.2, 0.25) is 5.91 Å². The van der Waals surface area contributed by atoms with Gasteiger partial charge in [0.05, 0.1) is 12.0 Å². The number of carbonyl (C=O) groups is 1. The van der Waals surface area contributed by atoms with Gasteiger partial charge in [-0.25, -0.2) is 4.39 Å². The topological polar surface area (TPSA) is 41.6 Å². The third-order valence-electron chi connectivity index (χ3n) is 5.27. The molecular formula is C24H23FN2O2. The summed E-state index contributed by atoms with van der Waals surface area (Å²) in [5.74, 6) is 0.553. The third kappa shape index (κ3) is 3.87. The van der Waals surface area contributed by atoms with Crippen molar-refractivity contribution in [3.63, 3.8) is 0 Å². The van der Waals surface area contributed by atoms with E-state index in [2.05, 4.69) is 5.32 Å². The average molecular weight is 390 g/mol. The molecule has 0 aromatic heterocycles. The van der Waals surface area contributed by atoms with Gasteiger partial charge in [-0.05, 0) is 43.9 Å². The summed E-state index contributed by atoms with van der Waals surface area (Å²) in [6.45, 7) is 0.372. The third-order valence-corrected chi connectivity index (χ3v) is 5.27. The second-order valence-electron chi connectivity index (χ2n) is 7.39. The van der Waals surface area contributed by atoms with Crippen LogP contribution in [0.2, 0.25) is 0 Å². The fourth-order valence-electron chi connectivity index (χ4n) is 3.80. The molecule has 29 heavy (non-hydrogen) atoms. The molecule has 1 N–H and O–H groups in total. The number of ether oxygens (including phenoxy) is 1. The van der Waals surface area contributed by atoms with Gasteiger partial charge in [0.1, 0.15) is 17.3 Å². The van der Waals surface area contributed by atoms with Crippen molar-refractivity contribution < 1.29 is 13.9 Å². The van der Waals surface area contributed by atoms with Gasteiger partial charge < -0.3 is 15.0 Å². The number of para-hydroxylation sites is 2. The molecule has 4 nitrogen and oxygen atoms in total. The van der Waals surface area contributed by atoms with Crippen LogP contribution in [-0.2, 0) is 4.79 Å². The Hall–Kier alpha value is -3.18. The SMILES string of the molecule is CN(C)[C@@H](CNC(=O)C1c2ccccc2Oc2ccccc21)c1cccc(F)c1. The van der Waals surface area contributed by atoms with E-state index in [0.717, 1.165) is 16.7 Å². The van der Waals surface area contributed by atoms with Crippen LogP contribution in [0, 0.1) is 5.82 Å². The number of rotatable bonds is 5. The van der Waals surface area contributed by atoms with Gasteiger partial charge in [-0.3, -0.25) is 4.79 Å². The van der Waals surface area contributed by atoms with E-state index in [1.807, 2.05) is 73.6 Å². The molecule has 1 aliphatic heterocycles. The van der Waals surface area contributed by atoms with Crippen LogP contribution >= 0.6 is 0 Å². The van der Waals surface area contributed by atoms with E-state index in [1.54, 1.807) is 6.07 Å². The van der Waals surface area contributed by atoms with E-state index in [4.69, 9.17) is 4.74 Å². The van der Waals surface area contributed by atoms with Gasteiger partial charge in [-0.2, -0.15) is 0 Å². The summed E-state index contributed by atoms with van der Waals surface area (Å²) in [7, 11) is 3.83. The highest BCUT2D eigenvalue weighted by atomic mass is 19.1. The zero-order valence-corrected chi connectivity index (χ0v) is 16.4. The van der Waals surface area contributed by atoms with E-state index >= 15 is 0 Å². The van der Waals surface area contributed by atoms with Gasteiger partial charge in [0.15, 0.2) is 0 Å². The van der Waals surface area contributed by atoms with Crippen molar-refractivity contribution in [2.24, 2.45) is 0 Å². The summed E-state index contributed by atoms with van der Waals surface area (Å²) in [5.41, 5.74) is 2.51. The summed E-state index contributed by atoms with van der Waals surface area (Å²) in [5, 5.41) is 3.07. The Balaban J connectivity index is 1.60. The number of fused-ring (bicyclic) bond motifs is 2. The summed E-state index contributed by atoms with van der Waals surface area (Å²) in [4.78, 5) is 15.3. The zero-order chi connectivity index (χ0) is 20.4. The van der Waals surface area contributed by atoms with E-state index in [0.29, 0.717) is 18.0 Å².